The number of fused-ring (bicyclic) bond motifs is 1. The van der Waals surface area contributed by atoms with Crippen molar-refractivity contribution in [3.05, 3.63) is 0 Å². The molecule has 0 aromatic rings. The predicted molar refractivity (Wildman–Crippen MR) is 49.4 cm³/mol. The Kier molecular flexibility index (Phi) is 2.54. The van der Waals surface area contributed by atoms with E-state index in [4.69, 9.17) is 4.74 Å². The summed E-state index contributed by atoms with van der Waals surface area (Å²) in [5, 5.41) is 0. The Morgan fingerprint density at radius 3 is 3.08 bits per heavy atom. The molecule has 3 heteroatoms. The SMILES string of the molecule is CC(=O)OCC1CCC2CCCN21. The van der Waals surface area contributed by atoms with Gasteiger partial charge in [-0.3, -0.25) is 9.69 Å². The Bertz CT molecular complexity index is 205. The molecule has 0 aliphatic carbocycles. The average Bonchev–Trinajstić information content (AvgIpc) is 2.60. The zero-order chi connectivity index (χ0) is 9.26. The van der Waals surface area contributed by atoms with Gasteiger partial charge in [-0.2, -0.15) is 0 Å². The fourth-order valence-corrected chi connectivity index (χ4v) is 2.59. The fourth-order valence-electron chi connectivity index (χ4n) is 2.59. The minimum absolute atomic E-state index is 0.150. The van der Waals surface area contributed by atoms with E-state index in [9.17, 15) is 4.79 Å². The maximum Gasteiger partial charge on any atom is 0.302 e. The maximum absolute atomic E-state index is 10.7. The summed E-state index contributed by atoms with van der Waals surface area (Å²) in [7, 11) is 0. The third kappa shape index (κ3) is 1.85. The van der Waals surface area contributed by atoms with Gasteiger partial charge >= 0.3 is 5.97 Å². The zero-order valence-electron chi connectivity index (χ0n) is 8.16. The molecule has 0 radical (unpaired) electrons. The number of carbonyl (C=O) groups excluding carboxylic acids is 1. The summed E-state index contributed by atoms with van der Waals surface area (Å²) >= 11 is 0. The van der Waals surface area contributed by atoms with E-state index in [2.05, 4.69) is 4.90 Å². The summed E-state index contributed by atoms with van der Waals surface area (Å²) in [4.78, 5) is 13.2. The molecule has 74 valence electrons. The van der Waals surface area contributed by atoms with Crippen LogP contribution in [0.3, 0.4) is 0 Å². The average molecular weight is 183 g/mol. The second kappa shape index (κ2) is 3.66. The van der Waals surface area contributed by atoms with Gasteiger partial charge in [-0.25, -0.2) is 0 Å². The molecule has 0 amide bonds. The highest BCUT2D eigenvalue weighted by molar-refractivity contribution is 5.65. The van der Waals surface area contributed by atoms with Gasteiger partial charge in [-0.1, -0.05) is 0 Å². The second-order valence-electron chi connectivity index (χ2n) is 4.07. The summed E-state index contributed by atoms with van der Waals surface area (Å²) in [6.07, 6.45) is 5.17. The smallest absolute Gasteiger partial charge is 0.302 e. The molecule has 0 spiro atoms. The van der Waals surface area contributed by atoms with Gasteiger partial charge < -0.3 is 4.74 Å². The Morgan fingerprint density at radius 1 is 1.46 bits per heavy atom. The first-order chi connectivity index (χ1) is 6.27. The molecule has 13 heavy (non-hydrogen) atoms. The van der Waals surface area contributed by atoms with Crippen molar-refractivity contribution in [3.63, 3.8) is 0 Å². The zero-order valence-corrected chi connectivity index (χ0v) is 8.16. The second-order valence-corrected chi connectivity index (χ2v) is 4.07. The van der Waals surface area contributed by atoms with Crippen LogP contribution in [-0.2, 0) is 9.53 Å². The largest absolute Gasteiger partial charge is 0.464 e. The molecule has 2 fully saturated rings. The van der Waals surface area contributed by atoms with Gasteiger partial charge in [0, 0.05) is 19.0 Å². The van der Waals surface area contributed by atoms with Gasteiger partial charge in [0.2, 0.25) is 0 Å². The van der Waals surface area contributed by atoms with Gasteiger partial charge in [0.1, 0.15) is 6.61 Å². The lowest BCUT2D eigenvalue weighted by atomic mass is 10.1. The first-order valence-electron chi connectivity index (χ1n) is 5.16. The van der Waals surface area contributed by atoms with Crippen molar-refractivity contribution in [1.29, 1.82) is 0 Å². The number of rotatable bonds is 2. The normalized spacial score (nSPS) is 33.3. The van der Waals surface area contributed by atoms with Crippen molar-refractivity contribution in [2.45, 2.75) is 44.7 Å². The van der Waals surface area contributed by atoms with Crippen molar-refractivity contribution in [1.82, 2.24) is 4.90 Å². The summed E-state index contributed by atoms with van der Waals surface area (Å²) in [6.45, 7) is 3.29. The van der Waals surface area contributed by atoms with Crippen molar-refractivity contribution in [2.24, 2.45) is 0 Å². The van der Waals surface area contributed by atoms with E-state index in [0.717, 1.165) is 6.04 Å². The molecule has 2 aliphatic heterocycles. The van der Waals surface area contributed by atoms with Crippen LogP contribution in [0.25, 0.3) is 0 Å². The van der Waals surface area contributed by atoms with E-state index in [0.29, 0.717) is 12.6 Å². The summed E-state index contributed by atoms with van der Waals surface area (Å²) in [5.74, 6) is -0.150. The topological polar surface area (TPSA) is 29.5 Å². The third-order valence-electron chi connectivity index (χ3n) is 3.20. The molecule has 3 nitrogen and oxygen atoms in total. The Balaban J connectivity index is 1.83. The highest BCUT2D eigenvalue weighted by atomic mass is 16.5. The molecule has 2 atom stereocenters. The molecule has 0 bridgehead atoms. The standard InChI is InChI=1S/C10H17NO2/c1-8(12)13-7-10-5-4-9-3-2-6-11(9)10/h9-10H,2-7H2,1H3. The number of carbonyl (C=O) groups is 1. The van der Waals surface area contributed by atoms with Gasteiger partial charge in [-0.05, 0) is 32.2 Å². The van der Waals surface area contributed by atoms with Crippen molar-refractivity contribution in [2.75, 3.05) is 13.2 Å². The summed E-state index contributed by atoms with van der Waals surface area (Å²) in [5.41, 5.74) is 0. The van der Waals surface area contributed by atoms with Gasteiger partial charge in [0.05, 0.1) is 0 Å². The maximum atomic E-state index is 10.7. The quantitative estimate of drug-likeness (QED) is 0.602. The van der Waals surface area contributed by atoms with Crippen LogP contribution in [0.15, 0.2) is 0 Å². The monoisotopic (exact) mass is 183 g/mol. The molecular formula is C10H17NO2. The van der Waals surface area contributed by atoms with Gasteiger partial charge in [0.25, 0.3) is 0 Å². The minimum atomic E-state index is -0.150. The number of hydrogen-bond acceptors (Lipinski definition) is 3. The van der Waals surface area contributed by atoms with Gasteiger partial charge in [0.15, 0.2) is 0 Å². The minimum Gasteiger partial charge on any atom is -0.464 e. The van der Waals surface area contributed by atoms with Crippen LogP contribution >= 0.6 is 0 Å². The van der Waals surface area contributed by atoms with Crippen LogP contribution in [0.2, 0.25) is 0 Å². The van der Waals surface area contributed by atoms with Crippen molar-refractivity contribution in [3.8, 4) is 0 Å². The van der Waals surface area contributed by atoms with Crippen LogP contribution in [0, 0.1) is 0 Å². The number of hydrogen-bond donors (Lipinski definition) is 0. The highest BCUT2D eigenvalue weighted by Gasteiger charge is 2.36. The fraction of sp³-hybridized carbons (Fsp3) is 0.900. The Labute approximate surface area is 79.0 Å². The van der Waals surface area contributed by atoms with Crippen molar-refractivity contribution < 1.29 is 9.53 Å². The molecule has 0 saturated carbocycles. The van der Waals surface area contributed by atoms with E-state index < -0.39 is 0 Å². The molecule has 2 unspecified atom stereocenters. The number of nitrogens with zero attached hydrogens (tertiary/aromatic N) is 1. The first-order valence-corrected chi connectivity index (χ1v) is 5.16. The van der Waals surface area contributed by atoms with Crippen LogP contribution < -0.4 is 0 Å². The lowest BCUT2D eigenvalue weighted by molar-refractivity contribution is -0.142. The number of esters is 1. The van der Waals surface area contributed by atoms with E-state index >= 15 is 0 Å². The van der Waals surface area contributed by atoms with Crippen LogP contribution in [-0.4, -0.2) is 36.1 Å². The van der Waals surface area contributed by atoms with E-state index in [1.165, 1.54) is 39.2 Å². The van der Waals surface area contributed by atoms with Crippen molar-refractivity contribution >= 4 is 5.97 Å². The van der Waals surface area contributed by atoms with Crippen LogP contribution in [0.4, 0.5) is 0 Å². The molecule has 2 rings (SSSR count). The lowest BCUT2D eigenvalue weighted by Gasteiger charge is -2.22. The molecule has 0 aromatic heterocycles. The first kappa shape index (κ1) is 9.00. The molecule has 2 aliphatic rings. The Hall–Kier alpha value is -0.570. The summed E-state index contributed by atoms with van der Waals surface area (Å²) in [6, 6.07) is 1.30. The van der Waals surface area contributed by atoms with E-state index in [-0.39, 0.29) is 5.97 Å². The van der Waals surface area contributed by atoms with E-state index in [1.54, 1.807) is 0 Å². The van der Waals surface area contributed by atoms with Crippen LogP contribution in [0.5, 0.6) is 0 Å². The molecule has 2 heterocycles. The molecule has 0 N–H and O–H groups in total. The number of ether oxygens (including phenoxy) is 1. The highest BCUT2D eigenvalue weighted by Crippen LogP contribution is 2.32. The lowest BCUT2D eigenvalue weighted by Crippen LogP contribution is -2.34. The predicted octanol–water partition coefficient (Wildman–Crippen LogP) is 1.18. The molecule has 2 saturated heterocycles. The summed E-state index contributed by atoms with van der Waals surface area (Å²) < 4.78 is 5.05. The molecule has 0 aromatic carbocycles. The van der Waals surface area contributed by atoms with E-state index in [1.807, 2.05) is 0 Å². The third-order valence-corrected chi connectivity index (χ3v) is 3.20. The molecular weight excluding hydrogens is 166 g/mol. The van der Waals surface area contributed by atoms with Crippen LogP contribution in [0.1, 0.15) is 32.6 Å². The van der Waals surface area contributed by atoms with Gasteiger partial charge in [-0.15, -0.1) is 0 Å². The Morgan fingerprint density at radius 2 is 2.31 bits per heavy atom.